The largest absolute Gasteiger partial charge is 0.460 e. The minimum atomic E-state index is -0.109. The van der Waals surface area contributed by atoms with Gasteiger partial charge in [0, 0.05) is 13.0 Å². The molecule has 2 unspecified atom stereocenters. The van der Waals surface area contributed by atoms with E-state index in [-0.39, 0.29) is 18.2 Å². The Morgan fingerprint density at radius 2 is 2.47 bits per heavy atom. The molecule has 15 heavy (non-hydrogen) atoms. The summed E-state index contributed by atoms with van der Waals surface area (Å²) in [6.07, 6.45) is 5.72. The number of esters is 1. The van der Waals surface area contributed by atoms with Gasteiger partial charge < -0.3 is 9.47 Å². The fourth-order valence-corrected chi connectivity index (χ4v) is 1.76. The van der Waals surface area contributed by atoms with Crippen molar-refractivity contribution in [1.82, 2.24) is 0 Å². The highest BCUT2D eigenvalue weighted by Crippen LogP contribution is 2.20. The predicted octanol–water partition coefficient (Wildman–Crippen LogP) is 2.45. The zero-order valence-electron chi connectivity index (χ0n) is 9.41. The summed E-state index contributed by atoms with van der Waals surface area (Å²) in [7, 11) is 0. The number of carbonyl (C=O) groups excluding carboxylic acids is 1. The minimum absolute atomic E-state index is 0.0112. The highest BCUT2D eigenvalue weighted by Gasteiger charge is 2.27. The molecular weight excluding hydrogens is 192 g/mol. The monoisotopic (exact) mass is 212 g/mol. The van der Waals surface area contributed by atoms with E-state index in [2.05, 4.69) is 6.58 Å². The molecule has 1 rings (SSSR count). The van der Waals surface area contributed by atoms with Gasteiger partial charge in [-0.05, 0) is 25.7 Å². The van der Waals surface area contributed by atoms with E-state index in [4.69, 9.17) is 9.47 Å². The van der Waals surface area contributed by atoms with Crippen LogP contribution in [-0.4, -0.2) is 24.8 Å². The van der Waals surface area contributed by atoms with Crippen LogP contribution in [-0.2, 0) is 14.3 Å². The zero-order chi connectivity index (χ0) is 11.1. The minimum Gasteiger partial charge on any atom is -0.460 e. The summed E-state index contributed by atoms with van der Waals surface area (Å²) >= 11 is 0. The topological polar surface area (TPSA) is 35.5 Å². The first kappa shape index (κ1) is 12.2. The molecule has 1 aliphatic rings. The fraction of sp³-hybridized carbons (Fsp3) is 0.750. The number of carbonyl (C=O) groups is 1. The van der Waals surface area contributed by atoms with Crippen molar-refractivity contribution >= 4 is 5.97 Å². The van der Waals surface area contributed by atoms with E-state index < -0.39 is 0 Å². The average Bonchev–Trinajstić information content (AvgIpc) is 2.21. The van der Waals surface area contributed by atoms with Gasteiger partial charge >= 0.3 is 5.97 Å². The van der Waals surface area contributed by atoms with E-state index in [1.54, 1.807) is 0 Å². The summed E-state index contributed by atoms with van der Waals surface area (Å²) in [5.41, 5.74) is 0. The van der Waals surface area contributed by atoms with Gasteiger partial charge in [0.15, 0.2) is 0 Å². The van der Waals surface area contributed by atoms with Crippen LogP contribution in [0.2, 0.25) is 0 Å². The van der Waals surface area contributed by atoms with Gasteiger partial charge in [-0.3, -0.25) is 4.79 Å². The smallest absolute Gasteiger partial charge is 0.306 e. The van der Waals surface area contributed by atoms with Crippen LogP contribution in [0.1, 0.15) is 39.0 Å². The van der Waals surface area contributed by atoms with Gasteiger partial charge in [-0.25, -0.2) is 0 Å². The van der Waals surface area contributed by atoms with E-state index in [0.717, 1.165) is 32.3 Å². The Morgan fingerprint density at radius 3 is 3.13 bits per heavy atom. The van der Waals surface area contributed by atoms with Crippen molar-refractivity contribution in [2.75, 3.05) is 6.61 Å². The van der Waals surface area contributed by atoms with Crippen LogP contribution >= 0.6 is 0 Å². The van der Waals surface area contributed by atoms with Gasteiger partial charge in [0.1, 0.15) is 6.10 Å². The molecule has 1 saturated heterocycles. The Kier molecular flexibility index (Phi) is 5.40. The van der Waals surface area contributed by atoms with Crippen molar-refractivity contribution in [2.24, 2.45) is 0 Å². The first-order chi connectivity index (χ1) is 7.27. The fourth-order valence-electron chi connectivity index (χ4n) is 1.76. The second-order valence-corrected chi connectivity index (χ2v) is 3.85. The molecule has 0 saturated carbocycles. The first-order valence-corrected chi connectivity index (χ1v) is 5.70. The molecule has 0 spiro atoms. The predicted molar refractivity (Wildman–Crippen MR) is 58.6 cm³/mol. The van der Waals surface area contributed by atoms with E-state index in [1.165, 1.54) is 0 Å². The summed E-state index contributed by atoms with van der Waals surface area (Å²) in [5, 5.41) is 0. The molecule has 0 aromatic carbocycles. The van der Waals surface area contributed by atoms with E-state index in [0.29, 0.717) is 6.42 Å². The summed E-state index contributed by atoms with van der Waals surface area (Å²) in [4.78, 5) is 11.4. The molecule has 0 amide bonds. The van der Waals surface area contributed by atoms with Crippen LogP contribution in [0.5, 0.6) is 0 Å². The molecule has 0 bridgehead atoms. The van der Waals surface area contributed by atoms with E-state index in [1.807, 2.05) is 13.0 Å². The SMILES string of the molecule is C=CCC1OCCCC1OC(=O)CCC. The first-order valence-electron chi connectivity index (χ1n) is 5.70. The van der Waals surface area contributed by atoms with Crippen LogP contribution in [0.25, 0.3) is 0 Å². The van der Waals surface area contributed by atoms with Gasteiger partial charge in [-0.2, -0.15) is 0 Å². The van der Waals surface area contributed by atoms with Crippen molar-refractivity contribution in [3.05, 3.63) is 12.7 Å². The Labute approximate surface area is 91.4 Å². The van der Waals surface area contributed by atoms with Crippen LogP contribution in [0.15, 0.2) is 12.7 Å². The number of hydrogen-bond acceptors (Lipinski definition) is 3. The summed E-state index contributed by atoms with van der Waals surface area (Å²) < 4.78 is 10.9. The molecule has 0 aliphatic carbocycles. The number of hydrogen-bond donors (Lipinski definition) is 0. The summed E-state index contributed by atoms with van der Waals surface area (Å²) in [6.45, 7) is 6.42. The van der Waals surface area contributed by atoms with E-state index in [9.17, 15) is 4.79 Å². The molecule has 0 radical (unpaired) electrons. The molecule has 0 N–H and O–H groups in total. The third kappa shape index (κ3) is 4.04. The lowest BCUT2D eigenvalue weighted by molar-refractivity contribution is -0.163. The van der Waals surface area contributed by atoms with Crippen molar-refractivity contribution < 1.29 is 14.3 Å². The second kappa shape index (κ2) is 6.62. The van der Waals surface area contributed by atoms with Crippen molar-refractivity contribution in [3.8, 4) is 0 Å². The van der Waals surface area contributed by atoms with Crippen LogP contribution in [0.3, 0.4) is 0 Å². The van der Waals surface area contributed by atoms with Crippen molar-refractivity contribution in [2.45, 2.75) is 51.2 Å². The highest BCUT2D eigenvalue weighted by molar-refractivity contribution is 5.69. The van der Waals surface area contributed by atoms with Gasteiger partial charge in [-0.1, -0.05) is 13.0 Å². The lowest BCUT2D eigenvalue weighted by Crippen LogP contribution is -2.37. The maximum absolute atomic E-state index is 11.4. The maximum Gasteiger partial charge on any atom is 0.306 e. The van der Waals surface area contributed by atoms with Gasteiger partial charge in [0.2, 0.25) is 0 Å². The second-order valence-electron chi connectivity index (χ2n) is 3.85. The number of ether oxygens (including phenoxy) is 2. The third-order valence-corrected chi connectivity index (χ3v) is 2.52. The molecule has 2 atom stereocenters. The lowest BCUT2D eigenvalue weighted by Gasteiger charge is -2.30. The molecule has 0 aromatic rings. The Bertz CT molecular complexity index is 213. The van der Waals surface area contributed by atoms with Crippen LogP contribution < -0.4 is 0 Å². The van der Waals surface area contributed by atoms with Gasteiger partial charge in [-0.15, -0.1) is 6.58 Å². The quantitative estimate of drug-likeness (QED) is 0.518. The maximum atomic E-state index is 11.4. The molecule has 3 heteroatoms. The molecule has 3 nitrogen and oxygen atoms in total. The highest BCUT2D eigenvalue weighted by atomic mass is 16.6. The summed E-state index contributed by atoms with van der Waals surface area (Å²) in [5.74, 6) is -0.109. The Balaban J connectivity index is 2.41. The van der Waals surface area contributed by atoms with Crippen molar-refractivity contribution in [1.29, 1.82) is 0 Å². The Hall–Kier alpha value is -0.830. The number of rotatable bonds is 5. The standard InChI is InChI=1S/C12H20O3/c1-3-6-10-11(8-5-9-14-10)15-12(13)7-4-2/h3,10-11H,1,4-9H2,2H3. The van der Waals surface area contributed by atoms with E-state index >= 15 is 0 Å². The average molecular weight is 212 g/mol. The molecule has 1 aliphatic heterocycles. The molecule has 86 valence electrons. The van der Waals surface area contributed by atoms with Gasteiger partial charge in [0.25, 0.3) is 0 Å². The normalized spacial score (nSPS) is 25.9. The van der Waals surface area contributed by atoms with Crippen molar-refractivity contribution in [3.63, 3.8) is 0 Å². The van der Waals surface area contributed by atoms with Crippen LogP contribution in [0, 0.1) is 0 Å². The Morgan fingerprint density at radius 1 is 1.67 bits per heavy atom. The molecule has 1 heterocycles. The van der Waals surface area contributed by atoms with Crippen LogP contribution in [0.4, 0.5) is 0 Å². The molecular formula is C12H20O3. The third-order valence-electron chi connectivity index (χ3n) is 2.52. The summed E-state index contributed by atoms with van der Waals surface area (Å²) in [6, 6.07) is 0. The lowest BCUT2D eigenvalue weighted by atomic mass is 10.0. The molecule has 1 fully saturated rings. The zero-order valence-corrected chi connectivity index (χ0v) is 9.41. The molecule has 0 aromatic heterocycles. The van der Waals surface area contributed by atoms with Gasteiger partial charge in [0.05, 0.1) is 6.10 Å².